The van der Waals surface area contributed by atoms with E-state index in [0.29, 0.717) is 0 Å². The topological polar surface area (TPSA) is 39.7 Å². The molecule has 0 aliphatic rings. The van der Waals surface area contributed by atoms with Gasteiger partial charge in [0, 0.05) is 30.8 Å². The lowest BCUT2D eigenvalue weighted by Crippen LogP contribution is -2.23. The third kappa shape index (κ3) is 4.20. The van der Waals surface area contributed by atoms with Gasteiger partial charge in [-0.1, -0.05) is 6.07 Å². The van der Waals surface area contributed by atoms with Crippen LogP contribution in [0, 0.1) is 0 Å². The van der Waals surface area contributed by atoms with Crippen LogP contribution >= 0.6 is 0 Å². The molecule has 4 nitrogen and oxygen atoms in total. The molecule has 0 radical (unpaired) electrons. The van der Waals surface area contributed by atoms with Gasteiger partial charge in [0.1, 0.15) is 11.5 Å². The fourth-order valence-electron chi connectivity index (χ4n) is 1.78. The zero-order chi connectivity index (χ0) is 13.4. The summed E-state index contributed by atoms with van der Waals surface area (Å²) < 4.78 is 15.9. The Kier molecular flexibility index (Phi) is 6.54. The highest BCUT2D eigenvalue weighted by atomic mass is 16.5. The van der Waals surface area contributed by atoms with E-state index in [0.717, 1.165) is 36.8 Å². The quantitative estimate of drug-likeness (QED) is 0.722. The standard InChI is InChI=1S/C14H23NO3/c1-5-18-9-8-15-11(2)13-7-6-12(16-3)10-14(13)17-4/h6-7,10-11,15H,5,8-9H2,1-4H3. The molecule has 0 spiro atoms. The normalized spacial score (nSPS) is 12.2. The molecule has 1 rings (SSSR count). The summed E-state index contributed by atoms with van der Waals surface area (Å²) in [7, 11) is 3.32. The Morgan fingerprint density at radius 1 is 1.22 bits per heavy atom. The van der Waals surface area contributed by atoms with Gasteiger partial charge in [0.25, 0.3) is 0 Å². The fourth-order valence-corrected chi connectivity index (χ4v) is 1.78. The van der Waals surface area contributed by atoms with Crippen molar-refractivity contribution in [1.82, 2.24) is 5.32 Å². The van der Waals surface area contributed by atoms with Gasteiger partial charge in [0.2, 0.25) is 0 Å². The van der Waals surface area contributed by atoms with E-state index in [2.05, 4.69) is 12.2 Å². The van der Waals surface area contributed by atoms with Crippen LogP contribution in [0.25, 0.3) is 0 Å². The Balaban J connectivity index is 2.63. The summed E-state index contributed by atoms with van der Waals surface area (Å²) in [6.45, 7) is 6.40. The first-order valence-corrected chi connectivity index (χ1v) is 6.26. The minimum Gasteiger partial charge on any atom is -0.497 e. The maximum atomic E-state index is 5.39. The first kappa shape index (κ1) is 14.8. The van der Waals surface area contributed by atoms with Crippen LogP contribution in [-0.2, 0) is 4.74 Å². The highest BCUT2D eigenvalue weighted by molar-refractivity contribution is 5.42. The molecular formula is C14H23NO3. The number of methoxy groups -OCH3 is 2. The van der Waals surface area contributed by atoms with Gasteiger partial charge in [-0.25, -0.2) is 0 Å². The predicted octanol–water partition coefficient (Wildman–Crippen LogP) is 2.39. The second kappa shape index (κ2) is 7.95. The largest absolute Gasteiger partial charge is 0.497 e. The van der Waals surface area contributed by atoms with Gasteiger partial charge < -0.3 is 19.5 Å². The van der Waals surface area contributed by atoms with E-state index in [1.165, 1.54) is 0 Å². The van der Waals surface area contributed by atoms with E-state index >= 15 is 0 Å². The zero-order valence-corrected chi connectivity index (χ0v) is 11.7. The summed E-state index contributed by atoms with van der Waals surface area (Å²) in [4.78, 5) is 0. The summed E-state index contributed by atoms with van der Waals surface area (Å²) in [5.74, 6) is 1.64. The first-order valence-electron chi connectivity index (χ1n) is 6.26. The van der Waals surface area contributed by atoms with Crippen LogP contribution in [0.2, 0.25) is 0 Å². The molecule has 4 heteroatoms. The van der Waals surface area contributed by atoms with Crippen LogP contribution in [0.5, 0.6) is 11.5 Å². The number of rotatable bonds is 8. The Hall–Kier alpha value is -1.26. The molecule has 1 N–H and O–H groups in total. The number of nitrogens with one attached hydrogen (secondary N) is 1. The van der Waals surface area contributed by atoms with Crippen molar-refractivity contribution in [3.63, 3.8) is 0 Å². The lowest BCUT2D eigenvalue weighted by molar-refractivity contribution is 0.147. The molecule has 0 amide bonds. The van der Waals surface area contributed by atoms with Gasteiger partial charge in [-0.2, -0.15) is 0 Å². The Morgan fingerprint density at radius 2 is 2.00 bits per heavy atom. The summed E-state index contributed by atoms with van der Waals surface area (Å²) in [6.07, 6.45) is 0. The molecule has 0 saturated carbocycles. The molecule has 0 aliphatic heterocycles. The highest BCUT2D eigenvalue weighted by Gasteiger charge is 2.11. The maximum absolute atomic E-state index is 5.39. The number of ether oxygens (including phenoxy) is 3. The second-order valence-corrected chi connectivity index (χ2v) is 3.98. The molecule has 0 aliphatic carbocycles. The molecular weight excluding hydrogens is 230 g/mol. The van der Waals surface area contributed by atoms with E-state index in [1.807, 2.05) is 25.1 Å². The molecule has 0 heterocycles. The van der Waals surface area contributed by atoms with Crippen molar-refractivity contribution in [2.45, 2.75) is 19.9 Å². The van der Waals surface area contributed by atoms with Crippen molar-refractivity contribution >= 4 is 0 Å². The van der Waals surface area contributed by atoms with Gasteiger partial charge in [-0.3, -0.25) is 0 Å². The fraction of sp³-hybridized carbons (Fsp3) is 0.571. The van der Waals surface area contributed by atoms with Crippen molar-refractivity contribution in [2.75, 3.05) is 34.0 Å². The first-order chi connectivity index (χ1) is 8.72. The molecule has 1 aromatic carbocycles. The zero-order valence-electron chi connectivity index (χ0n) is 11.7. The molecule has 0 saturated heterocycles. The molecule has 1 atom stereocenters. The molecule has 0 aromatic heterocycles. The molecule has 1 unspecified atom stereocenters. The summed E-state index contributed by atoms with van der Waals surface area (Å²) in [5.41, 5.74) is 1.12. The van der Waals surface area contributed by atoms with Gasteiger partial charge in [-0.05, 0) is 19.9 Å². The van der Waals surface area contributed by atoms with E-state index in [1.54, 1.807) is 14.2 Å². The van der Waals surface area contributed by atoms with Crippen molar-refractivity contribution < 1.29 is 14.2 Å². The summed E-state index contributed by atoms with van der Waals surface area (Å²) >= 11 is 0. The van der Waals surface area contributed by atoms with Gasteiger partial charge in [0.15, 0.2) is 0 Å². The Bertz CT molecular complexity index is 355. The van der Waals surface area contributed by atoms with Gasteiger partial charge in [-0.15, -0.1) is 0 Å². The van der Waals surface area contributed by atoms with Crippen molar-refractivity contribution in [2.24, 2.45) is 0 Å². The van der Waals surface area contributed by atoms with Crippen molar-refractivity contribution in [3.05, 3.63) is 23.8 Å². The summed E-state index contributed by atoms with van der Waals surface area (Å²) in [5, 5.41) is 3.40. The predicted molar refractivity (Wildman–Crippen MR) is 72.5 cm³/mol. The number of benzene rings is 1. The molecule has 0 fully saturated rings. The molecule has 18 heavy (non-hydrogen) atoms. The minimum atomic E-state index is 0.214. The highest BCUT2D eigenvalue weighted by Crippen LogP contribution is 2.29. The molecule has 102 valence electrons. The Morgan fingerprint density at radius 3 is 2.61 bits per heavy atom. The molecule has 1 aromatic rings. The van der Waals surface area contributed by atoms with E-state index < -0.39 is 0 Å². The van der Waals surface area contributed by atoms with Crippen LogP contribution in [0.4, 0.5) is 0 Å². The van der Waals surface area contributed by atoms with E-state index in [4.69, 9.17) is 14.2 Å². The third-order valence-corrected chi connectivity index (χ3v) is 2.81. The van der Waals surface area contributed by atoms with Gasteiger partial charge in [0.05, 0.1) is 20.8 Å². The third-order valence-electron chi connectivity index (χ3n) is 2.81. The number of hydrogen-bond donors (Lipinski definition) is 1. The van der Waals surface area contributed by atoms with Crippen LogP contribution in [-0.4, -0.2) is 34.0 Å². The lowest BCUT2D eigenvalue weighted by atomic mass is 10.1. The average molecular weight is 253 g/mol. The Labute approximate surface area is 109 Å². The smallest absolute Gasteiger partial charge is 0.127 e. The SMILES string of the molecule is CCOCCNC(C)c1ccc(OC)cc1OC. The van der Waals surface area contributed by atoms with Crippen molar-refractivity contribution in [1.29, 1.82) is 0 Å². The average Bonchev–Trinajstić information content (AvgIpc) is 2.42. The maximum Gasteiger partial charge on any atom is 0.127 e. The van der Waals surface area contributed by atoms with Crippen LogP contribution in [0.1, 0.15) is 25.5 Å². The number of hydrogen-bond acceptors (Lipinski definition) is 4. The second-order valence-electron chi connectivity index (χ2n) is 3.98. The van der Waals surface area contributed by atoms with Crippen molar-refractivity contribution in [3.8, 4) is 11.5 Å². The van der Waals surface area contributed by atoms with Gasteiger partial charge >= 0.3 is 0 Å². The minimum absolute atomic E-state index is 0.214. The van der Waals surface area contributed by atoms with E-state index in [-0.39, 0.29) is 6.04 Å². The monoisotopic (exact) mass is 253 g/mol. The van der Waals surface area contributed by atoms with Crippen LogP contribution in [0.3, 0.4) is 0 Å². The van der Waals surface area contributed by atoms with Crippen LogP contribution in [0.15, 0.2) is 18.2 Å². The van der Waals surface area contributed by atoms with E-state index in [9.17, 15) is 0 Å². The molecule has 0 bridgehead atoms. The van der Waals surface area contributed by atoms with Crippen LogP contribution < -0.4 is 14.8 Å². The lowest BCUT2D eigenvalue weighted by Gasteiger charge is -2.18. The summed E-state index contributed by atoms with van der Waals surface area (Å²) in [6, 6.07) is 6.08.